The Morgan fingerprint density at radius 1 is 1.31 bits per heavy atom. The molecule has 0 bridgehead atoms. The summed E-state index contributed by atoms with van der Waals surface area (Å²) in [6.07, 6.45) is 1.66. The second-order valence-corrected chi connectivity index (χ2v) is 4.64. The number of carbonyl (C=O) groups is 2. The topological polar surface area (TPSA) is 52.6 Å². The summed E-state index contributed by atoms with van der Waals surface area (Å²) in [4.78, 5) is 26.5. The van der Waals surface area contributed by atoms with Gasteiger partial charge in [-0.1, -0.05) is 0 Å². The minimum atomic E-state index is -0.00540. The molecule has 0 aromatic rings. The highest BCUT2D eigenvalue weighted by atomic mass is 16.2. The molecule has 2 aliphatic rings. The number of nitrogens with one attached hydrogen (secondary N) is 1. The fourth-order valence-electron chi connectivity index (χ4n) is 2.34. The van der Waals surface area contributed by atoms with Gasteiger partial charge in [-0.15, -0.1) is 0 Å². The van der Waals surface area contributed by atoms with Gasteiger partial charge in [0.05, 0.1) is 0 Å². The van der Waals surface area contributed by atoms with Crippen LogP contribution in [0.5, 0.6) is 0 Å². The largest absolute Gasteiger partial charge is 0.311 e. The molecule has 5 heteroatoms. The molecule has 1 unspecified atom stereocenters. The molecular formula is C11H19N3O2. The van der Waals surface area contributed by atoms with E-state index in [4.69, 9.17) is 0 Å². The Balaban J connectivity index is 1.78. The fraction of sp³-hybridized carbons (Fsp3) is 0.818. The number of rotatable bonds is 3. The maximum atomic E-state index is 11.4. The smallest absolute Gasteiger partial charge is 0.229 e. The van der Waals surface area contributed by atoms with Crippen LogP contribution >= 0.6 is 0 Å². The van der Waals surface area contributed by atoms with Crippen molar-refractivity contribution in [2.24, 2.45) is 0 Å². The average Bonchev–Trinajstić information content (AvgIpc) is 2.56. The van der Waals surface area contributed by atoms with Gasteiger partial charge in [-0.3, -0.25) is 14.5 Å². The number of likely N-dealkylation sites (tertiary alicyclic amines) is 1. The van der Waals surface area contributed by atoms with E-state index in [1.54, 1.807) is 0 Å². The molecule has 2 rings (SSSR count). The van der Waals surface area contributed by atoms with Crippen LogP contribution in [0.2, 0.25) is 0 Å². The van der Waals surface area contributed by atoms with Gasteiger partial charge in [0.25, 0.3) is 0 Å². The first-order valence-corrected chi connectivity index (χ1v) is 5.92. The summed E-state index contributed by atoms with van der Waals surface area (Å²) in [6, 6.07) is 0.403. The Hall–Kier alpha value is -0.940. The molecule has 16 heavy (non-hydrogen) atoms. The van der Waals surface area contributed by atoms with Crippen LogP contribution in [-0.4, -0.2) is 60.9 Å². The van der Waals surface area contributed by atoms with Gasteiger partial charge in [0.15, 0.2) is 0 Å². The molecule has 0 aromatic heterocycles. The van der Waals surface area contributed by atoms with E-state index in [9.17, 15) is 9.59 Å². The van der Waals surface area contributed by atoms with E-state index in [0.29, 0.717) is 25.4 Å². The van der Waals surface area contributed by atoms with Crippen molar-refractivity contribution >= 4 is 11.8 Å². The van der Waals surface area contributed by atoms with Crippen LogP contribution in [-0.2, 0) is 9.59 Å². The average molecular weight is 225 g/mol. The van der Waals surface area contributed by atoms with Gasteiger partial charge in [0.2, 0.25) is 11.8 Å². The summed E-state index contributed by atoms with van der Waals surface area (Å²) < 4.78 is 0. The van der Waals surface area contributed by atoms with Gasteiger partial charge < -0.3 is 10.2 Å². The predicted octanol–water partition coefficient (Wildman–Crippen LogP) is -0.571. The molecule has 0 radical (unpaired) electrons. The summed E-state index contributed by atoms with van der Waals surface area (Å²) in [7, 11) is 2.10. The highest BCUT2D eigenvalue weighted by Gasteiger charge is 2.29. The highest BCUT2D eigenvalue weighted by Crippen LogP contribution is 2.13. The summed E-state index contributed by atoms with van der Waals surface area (Å²) in [6.45, 7) is 3.63. The first kappa shape index (κ1) is 11.5. The molecule has 2 saturated heterocycles. The molecule has 2 heterocycles. The van der Waals surface area contributed by atoms with Crippen molar-refractivity contribution in [3.05, 3.63) is 0 Å². The number of imide groups is 1. The Bertz CT molecular complexity index is 277. The number of nitrogens with zero attached hydrogens (tertiary/aromatic N) is 2. The molecular weight excluding hydrogens is 206 g/mol. The maximum absolute atomic E-state index is 11.4. The van der Waals surface area contributed by atoms with Crippen LogP contribution in [0, 0.1) is 0 Å². The fourth-order valence-corrected chi connectivity index (χ4v) is 2.34. The van der Waals surface area contributed by atoms with Crippen LogP contribution in [0.3, 0.4) is 0 Å². The van der Waals surface area contributed by atoms with Gasteiger partial charge >= 0.3 is 0 Å². The highest BCUT2D eigenvalue weighted by molar-refractivity contribution is 6.01. The summed E-state index contributed by atoms with van der Waals surface area (Å²) in [5, 5.41) is 3.41. The first-order chi connectivity index (χ1) is 7.66. The normalized spacial score (nSPS) is 27.8. The molecule has 2 amide bonds. The van der Waals surface area contributed by atoms with Crippen molar-refractivity contribution in [3.8, 4) is 0 Å². The molecule has 2 aliphatic heterocycles. The summed E-state index contributed by atoms with van der Waals surface area (Å²) in [5.74, 6) is -0.0108. The van der Waals surface area contributed by atoms with Gasteiger partial charge in [0, 0.05) is 45.1 Å². The Morgan fingerprint density at radius 3 is 2.62 bits per heavy atom. The standard InChI is InChI=1S/C11H19N3O2/c1-13-7-5-12-9(8-13)4-6-14-10(15)2-3-11(14)16/h9,12H,2-8H2,1H3. The minimum Gasteiger partial charge on any atom is -0.311 e. The zero-order valence-corrected chi connectivity index (χ0v) is 9.74. The van der Waals surface area contributed by atoms with Gasteiger partial charge in [-0.05, 0) is 13.5 Å². The van der Waals surface area contributed by atoms with E-state index in [-0.39, 0.29) is 11.8 Å². The first-order valence-electron chi connectivity index (χ1n) is 5.92. The quantitative estimate of drug-likeness (QED) is 0.654. The summed E-state index contributed by atoms with van der Waals surface area (Å²) in [5.41, 5.74) is 0. The van der Waals surface area contributed by atoms with Crippen molar-refractivity contribution in [1.82, 2.24) is 15.1 Å². The van der Waals surface area contributed by atoms with Gasteiger partial charge in [-0.2, -0.15) is 0 Å². The second-order valence-electron chi connectivity index (χ2n) is 4.64. The lowest BCUT2D eigenvalue weighted by atomic mass is 10.1. The Kier molecular flexibility index (Phi) is 3.56. The van der Waals surface area contributed by atoms with E-state index in [2.05, 4.69) is 17.3 Å². The van der Waals surface area contributed by atoms with E-state index in [1.807, 2.05) is 0 Å². The number of hydrogen-bond donors (Lipinski definition) is 1. The maximum Gasteiger partial charge on any atom is 0.229 e. The lowest BCUT2D eigenvalue weighted by molar-refractivity contribution is -0.138. The van der Waals surface area contributed by atoms with Crippen molar-refractivity contribution < 1.29 is 9.59 Å². The van der Waals surface area contributed by atoms with E-state index in [0.717, 1.165) is 26.1 Å². The van der Waals surface area contributed by atoms with Crippen LogP contribution in [0.15, 0.2) is 0 Å². The molecule has 5 nitrogen and oxygen atoms in total. The minimum absolute atomic E-state index is 0.00540. The number of piperazine rings is 1. The van der Waals surface area contributed by atoms with Gasteiger partial charge in [0.1, 0.15) is 0 Å². The third-order valence-corrected chi connectivity index (χ3v) is 3.31. The van der Waals surface area contributed by atoms with Crippen molar-refractivity contribution in [2.75, 3.05) is 33.2 Å². The lowest BCUT2D eigenvalue weighted by Crippen LogP contribution is -2.50. The Labute approximate surface area is 95.8 Å². The summed E-state index contributed by atoms with van der Waals surface area (Å²) >= 11 is 0. The van der Waals surface area contributed by atoms with Crippen LogP contribution in [0.4, 0.5) is 0 Å². The third kappa shape index (κ3) is 2.59. The number of carbonyl (C=O) groups excluding carboxylic acids is 2. The van der Waals surface area contributed by atoms with Crippen LogP contribution < -0.4 is 5.32 Å². The molecule has 1 atom stereocenters. The molecule has 2 fully saturated rings. The number of hydrogen-bond acceptors (Lipinski definition) is 4. The van der Waals surface area contributed by atoms with E-state index in [1.165, 1.54) is 4.90 Å². The van der Waals surface area contributed by atoms with E-state index < -0.39 is 0 Å². The SMILES string of the molecule is CN1CCNC(CCN2C(=O)CCC2=O)C1. The van der Waals surface area contributed by atoms with Crippen LogP contribution in [0.25, 0.3) is 0 Å². The predicted molar refractivity (Wildman–Crippen MR) is 59.9 cm³/mol. The molecule has 90 valence electrons. The number of amides is 2. The molecule has 0 spiro atoms. The van der Waals surface area contributed by atoms with Crippen molar-refractivity contribution in [1.29, 1.82) is 0 Å². The molecule has 0 saturated carbocycles. The zero-order valence-electron chi connectivity index (χ0n) is 9.74. The van der Waals surface area contributed by atoms with E-state index >= 15 is 0 Å². The van der Waals surface area contributed by atoms with Crippen molar-refractivity contribution in [3.63, 3.8) is 0 Å². The zero-order chi connectivity index (χ0) is 11.5. The molecule has 0 aliphatic carbocycles. The number of likely N-dealkylation sites (N-methyl/N-ethyl adjacent to an activating group) is 1. The second kappa shape index (κ2) is 4.93. The van der Waals surface area contributed by atoms with Gasteiger partial charge in [-0.25, -0.2) is 0 Å². The molecule has 0 aromatic carbocycles. The van der Waals surface area contributed by atoms with Crippen LogP contribution in [0.1, 0.15) is 19.3 Å². The lowest BCUT2D eigenvalue weighted by Gasteiger charge is -2.31. The monoisotopic (exact) mass is 225 g/mol. The van der Waals surface area contributed by atoms with Crippen molar-refractivity contribution in [2.45, 2.75) is 25.3 Å². The Morgan fingerprint density at radius 2 is 2.00 bits per heavy atom. The third-order valence-electron chi connectivity index (χ3n) is 3.31. The molecule has 1 N–H and O–H groups in total.